The Morgan fingerprint density at radius 2 is 1.86 bits per heavy atom. The van der Waals surface area contributed by atoms with Crippen LogP contribution >= 0.6 is 11.6 Å². The largest absolute Gasteiger partial charge is 0.326 e. The van der Waals surface area contributed by atoms with Crippen molar-refractivity contribution in [2.75, 3.05) is 30.8 Å². The van der Waals surface area contributed by atoms with Crippen molar-refractivity contribution in [2.45, 2.75) is 55.9 Å². The Bertz CT molecular complexity index is 1490. The van der Waals surface area contributed by atoms with Gasteiger partial charge < -0.3 is 14.4 Å². The summed E-state index contributed by atoms with van der Waals surface area (Å²) in [6.07, 6.45) is 5.12. The number of halogens is 2. The van der Waals surface area contributed by atoms with E-state index in [-0.39, 0.29) is 23.5 Å². The first-order valence-electron chi connectivity index (χ1n) is 12.8. The molecule has 0 radical (unpaired) electrons. The number of aromatic nitrogens is 2. The van der Waals surface area contributed by atoms with E-state index in [0.29, 0.717) is 30.1 Å². The number of sulfone groups is 1. The quantitative estimate of drug-likeness (QED) is 0.443. The second-order valence-corrected chi connectivity index (χ2v) is 13.4. The molecule has 3 heterocycles. The zero-order valence-corrected chi connectivity index (χ0v) is 22.4. The summed E-state index contributed by atoms with van der Waals surface area (Å²) in [7, 11) is -2.99. The molecule has 3 aromatic rings. The Kier molecular flexibility index (Phi) is 6.08. The van der Waals surface area contributed by atoms with Crippen molar-refractivity contribution in [3.8, 4) is 0 Å². The van der Waals surface area contributed by atoms with E-state index in [9.17, 15) is 17.6 Å². The number of aryl methyl sites for hydroxylation is 1. The van der Waals surface area contributed by atoms with Gasteiger partial charge in [-0.25, -0.2) is 17.8 Å². The monoisotopic (exact) mass is 544 g/mol. The van der Waals surface area contributed by atoms with Crippen LogP contribution in [0.4, 0.5) is 10.1 Å². The number of hydrogen-bond acceptors (Lipinski definition) is 5. The fourth-order valence-electron chi connectivity index (χ4n) is 6.06. The number of imidazole rings is 1. The standard InChI is InChI=1S/C27H30ClFN4O3S/c1-37(35,36)20-7-13-31(14-8-20)11-2-12-32-23-6-3-18(28)15-22(23)30-25(32)17-33-24-16-19(29)4-5-21(24)27(9-10-27)26(33)34/h3-6,15-16,20H,2,7-14,17H2,1H3. The second-order valence-electron chi connectivity index (χ2n) is 10.7. The lowest BCUT2D eigenvalue weighted by Gasteiger charge is -2.31. The zero-order chi connectivity index (χ0) is 25.9. The van der Waals surface area contributed by atoms with Crippen LogP contribution in [0.3, 0.4) is 0 Å². The molecule has 0 bridgehead atoms. The SMILES string of the molecule is CS(=O)(=O)C1CCN(CCCn2c(CN3C(=O)C4(CC4)c4ccc(F)cc43)nc3cc(Cl)ccc32)CC1. The van der Waals surface area contributed by atoms with Crippen LogP contribution in [0.2, 0.25) is 5.02 Å². The highest BCUT2D eigenvalue weighted by Gasteiger charge is 2.59. The molecule has 7 nitrogen and oxygen atoms in total. The summed E-state index contributed by atoms with van der Waals surface area (Å²) in [5, 5.41) is 0.359. The molecule has 2 aliphatic heterocycles. The topological polar surface area (TPSA) is 75.5 Å². The van der Waals surface area contributed by atoms with Crippen molar-refractivity contribution in [1.82, 2.24) is 14.5 Å². The number of likely N-dealkylation sites (tertiary alicyclic amines) is 1. The number of fused-ring (bicyclic) bond motifs is 3. The number of piperidine rings is 1. The van der Waals surface area contributed by atoms with Crippen LogP contribution in [0.1, 0.15) is 43.5 Å². The minimum absolute atomic E-state index is 0.0264. The van der Waals surface area contributed by atoms with Gasteiger partial charge in [0, 0.05) is 17.8 Å². The number of carbonyl (C=O) groups is 1. The Hall–Kier alpha value is -2.49. The van der Waals surface area contributed by atoms with E-state index in [1.807, 2.05) is 18.2 Å². The van der Waals surface area contributed by atoms with E-state index < -0.39 is 15.3 Å². The number of benzene rings is 2. The maximum Gasteiger partial charge on any atom is 0.238 e. The molecule has 1 aromatic heterocycles. The van der Waals surface area contributed by atoms with E-state index in [1.165, 1.54) is 18.4 Å². The number of anilines is 1. The third kappa shape index (κ3) is 4.45. The van der Waals surface area contributed by atoms with Gasteiger partial charge in [-0.15, -0.1) is 0 Å². The molecule has 2 fully saturated rings. The van der Waals surface area contributed by atoms with Crippen LogP contribution in [0.15, 0.2) is 36.4 Å². The first kappa shape index (κ1) is 24.8. The lowest BCUT2D eigenvalue weighted by atomic mass is 9.98. The molecule has 3 aliphatic rings. The van der Waals surface area contributed by atoms with Gasteiger partial charge >= 0.3 is 0 Å². The third-order valence-electron chi connectivity index (χ3n) is 8.26. The number of nitrogens with zero attached hydrogens (tertiary/aromatic N) is 4. The fraction of sp³-hybridized carbons (Fsp3) is 0.481. The summed E-state index contributed by atoms with van der Waals surface area (Å²) in [6.45, 7) is 3.36. The average Bonchev–Trinajstić information content (AvgIpc) is 3.55. The molecule has 1 aliphatic carbocycles. The highest BCUT2D eigenvalue weighted by Crippen LogP contribution is 2.57. The summed E-state index contributed by atoms with van der Waals surface area (Å²) < 4.78 is 40.1. The van der Waals surface area contributed by atoms with Crippen LogP contribution in [0.25, 0.3) is 11.0 Å². The maximum absolute atomic E-state index is 14.2. The van der Waals surface area contributed by atoms with Crippen LogP contribution in [-0.2, 0) is 33.1 Å². The van der Waals surface area contributed by atoms with E-state index >= 15 is 0 Å². The minimum Gasteiger partial charge on any atom is -0.326 e. The second kappa shape index (κ2) is 9.06. The first-order valence-corrected chi connectivity index (χ1v) is 15.2. The molecule has 10 heteroatoms. The molecule has 1 saturated carbocycles. The smallest absolute Gasteiger partial charge is 0.238 e. The number of hydrogen-bond donors (Lipinski definition) is 0. The van der Waals surface area contributed by atoms with E-state index in [0.717, 1.165) is 61.3 Å². The summed E-state index contributed by atoms with van der Waals surface area (Å²) in [6, 6.07) is 10.3. The fourth-order valence-corrected chi connectivity index (χ4v) is 7.29. The molecule has 1 amide bonds. The molecule has 1 spiro atoms. The normalized spacial score (nSPS) is 19.8. The molecule has 1 saturated heterocycles. The summed E-state index contributed by atoms with van der Waals surface area (Å²) in [5.41, 5.74) is 2.78. The van der Waals surface area contributed by atoms with Gasteiger partial charge in [0.05, 0.1) is 33.9 Å². The predicted molar refractivity (Wildman–Crippen MR) is 142 cm³/mol. The number of rotatable bonds is 7. The van der Waals surface area contributed by atoms with Crippen molar-refractivity contribution in [3.63, 3.8) is 0 Å². The van der Waals surface area contributed by atoms with E-state index in [1.54, 1.807) is 11.0 Å². The van der Waals surface area contributed by atoms with Gasteiger partial charge in [-0.2, -0.15) is 0 Å². The van der Waals surface area contributed by atoms with Crippen molar-refractivity contribution >= 4 is 44.1 Å². The lowest BCUT2D eigenvalue weighted by molar-refractivity contribution is -0.120. The Morgan fingerprint density at radius 3 is 2.57 bits per heavy atom. The molecular weight excluding hydrogens is 515 g/mol. The Balaban J connectivity index is 1.23. The van der Waals surface area contributed by atoms with Crippen LogP contribution in [0, 0.1) is 5.82 Å². The Morgan fingerprint density at radius 1 is 1.11 bits per heavy atom. The predicted octanol–water partition coefficient (Wildman–Crippen LogP) is 4.31. The van der Waals surface area contributed by atoms with Crippen LogP contribution < -0.4 is 4.90 Å². The van der Waals surface area contributed by atoms with E-state index in [2.05, 4.69) is 9.47 Å². The van der Waals surface area contributed by atoms with Crippen molar-refractivity contribution in [2.24, 2.45) is 0 Å². The van der Waals surface area contributed by atoms with Gasteiger partial charge in [0.25, 0.3) is 0 Å². The molecular formula is C27H30ClFN4O3S. The molecule has 2 aromatic carbocycles. The van der Waals surface area contributed by atoms with Crippen LogP contribution in [0.5, 0.6) is 0 Å². The van der Waals surface area contributed by atoms with Crippen molar-refractivity contribution < 1.29 is 17.6 Å². The first-order chi connectivity index (χ1) is 17.7. The summed E-state index contributed by atoms with van der Waals surface area (Å²) >= 11 is 6.25. The molecule has 6 rings (SSSR count). The van der Waals surface area contributed by atoms with Crippen molar-refractivity contribution in [3.05, 3.63) is 58.6 Å². The lowest BCUT2D eigenvalue weighted by Crippen LogP contribution is -2.39. The van der Waals surface area contributed by atoms with Gasteiger partial charge in [0.1, 0.15) is 21.5 Å². The highest BCUT2D eigenvalue weighted by molar-refractivity contribution is 7.91. The Labute approximate surface area is 221 Å². The van der Waals surface area contributed by atoms with E-state index in [4.69, 9.17) is 16.6 Å². The van der Waals surface area contributed by atoms with Gasteiger partial charge in [-0.05, 0) is 87.6 Å². The third-order valence-corrected chi connectivity index (χ3v) is 10.2. The van der Waals surface area contributed by atoms with Crippen LogP contribution in [-0.4, -0.2) is 59.9 Å². The molecule has 37 heavy (non-hydrogen) atoms. The van der Waals surface area contributed by atoms with Gasteiger partial charge in [-0.3, -0.25) is 4.79 Å². The number of amides is 1. The highest BCUT2D eigenvalue weighted by atomic mass is 35.5. The maximum atomic E-state index is 14.2. The molecule has 196 valence electrons. The summed E-state index contributed by atoms with van der Waals surface area (Å²) in [4.78, 5) is 22.3. The van der Waals surface area contributed by atoms with Crippen molar-refractivity contribution in [1.29, 1.82) is 0 Å². The molecule has 0 unspecified atom stereocenters. The van der Waals surface area contributed by atoms with Gasteiger partial charge in [0.15, 0.2) is 0 Å². The minimum atomic E-state index is -2.99. The molecule has 0 atom stereocenters. The van der Waals surface area contributed by atoms with Gasteiger partial charge in [-0.1, -0.05) is 17.7 Å². The zero-order valence-electron chi connectivity index (χ0n) is 20.8. The molecule has 0 N–H and O–H groups in total. The average molecular weight is 545 g/mol. The number of carbonyl (C=O) groups excluding carboxylic acids is 1. The van der Waals surface area contributed by atoms with Gasteiger partial charge in [0.2, 0.25) is 5.91 Å². The summed E-state index contributed by atoms with van der Waals surface area (Å²) in [5.74, 6) is 0.418.